The second-order valence-electron chi connectivity index (χ2n) is 6.33. The monoisotopic (exact) mass is 376 g/mol. The Balaban J connectivity index is 2.16. The molecule has 1 heterocycles. The van der Waals surface area contributed by atoms with Crippen molar-refractivity contribution in [2.24, 2.45) is 11.7 Å². The first-order valence-corrected chi connectivity index (χ1v) is 9.10. The van der Waals surface area contributed by atoms with Crippen molar-refractivity contribution >= 4 is 28.4 Å². The number of hydrogen-bond donors (Lipinski definition) is 3. The largest absolute Gasteiger partial charge is 0.497 e. The number of hydrogen-bond acceptors (Lipinski definition) is 5. The quantitative estimate of drug-likeness (QED) is 0.690. The number of carbonyl (C=O) groups excluding carboxylic acids is 2. The van der Waals surface area contributed by atoms with Crippen LogP contribution in [0.2, 0.25) is 0 Å². The van der Waals surface area contributed by atoms with Gasteiger partial charge < -0.3 is 21.1 Å². The van der Waals surface area contributed by atoms with E-state index in [1.807, 2.05) is 45.0 Å². The minimum Gasteiger partial charge on any atom is -0.497 e. The molecule has 0 bridgehead atoms. The van der Waals surface area contributed by atoms with Crippen LogP contribution in [-0.2, 0) is 4.79 Å². The highest BCUT2D eigenvalue weighted by molar-refractivity contribution is 7.16. The van der Waals surface area contributed by atoms with Crippen molar-refractivity contribution in [2.45, 2.75) is 33.2 Å². The number of amides is 3. The van der Waals surface area contributed by atoms with Crippen molar-refractivity contribution in [1.82, 2.24) is 10.3 Å². The van der Waals surface area contributed by atoms with Gasteiger partial charge in [0.1, 0.15) is 11.8 Å². The number of carbonyl (C=O) groups is 2. The molecule has 0 aliphatic carbocycles. The van der Waals surface area contributed by atoms with Crippen molar-refractivity contribution in [3.63, 3.8) is 0 Å². The van der Waals surface area contributed by atoms with Gasteiger partial charge in [-0.05, 0) is 43.5 Å². The molecule has 2 rings (SSSR count). The number of nitrogens with zero attached hydrogens (tertiary/aromatic N) is 1. The standard InChI is InChI=1S/C18H24N4O3S/c1-10(2)9-14(20-17(19)24)16(23)22-18-21-15(11(3)26-18)12-5-7-13(25-4)8-6-12/h5-8,10,14H,9H2,1-4H3,(H3,19,20,24)(H,21,22,23)/t14-/m0/s1. The summed E-state index contributed by atoms with van der Waals surface area (Å²) < 4.78 is 5.16. The Morgan fingerprint density at radius 2 is 1.92 bits per heavy atom. The van der Waals surface area contributed by atoms with E-state index in [4.69, 9.17) is 10.5 Å². The van der Waals surface area contributed by atoms with Crippen molar-refractivity contribution < 1.29 is 14.3 Å². The molecule has 0 saturated heterocycles. The van der Waals surface area contributed by atoms with Crippen molar-refractivity contribution in [1.29, 1.82) is 0 Å². The molecule has 4 N–H and O–H groups in total. The van der Waals surface area contributed by atoms with Crippen molar-refractivity contribution in [2.75, 3.05) is 12.4 Å². The van der Waals surface area contributed by atoms with Gasteiger partial charge in [-0.1, -0.05) is 13.8 Å². The maximum absolute atomic E-state index is 12.5. The molecule has 0 saturated carbocycles. The normalized spacial score (nSPS) is 11.9. The second kappa shape index (κ2) is 8.66. The van der Waals surface area contributed by atoms with Crippen LogP contribution >= 0.6 is 11.3 Å². The number of nitrogens with two attached hydrogens (primary N) is 1. The van der Waals surface area contributed by atoms with E-state index in [9.17, 15) is 9.59 Å². The first kappa shape index (κ1) is 19.7. The van der Waals surface area contributed by atoms with E-state index in [2.05, 4.69) is 15.6 Å². The van der Waals surface area contributed by atoms with E-state index in [1.165, 1.54) is 11.3 Å². The van der Waals surface area contributed by atoms with Crippen LogP contribution in [0.15, 0.2) is 24.3 Å². The number of thiazole rings is 1. The second-order valence-corrected chi connectivity index (χ2v) is 7.54. The van der Waals surface area contributed by atoms with Gasteiger partial charge >= 0.3 is 6.03 Å². The average molecular weight is 376 g/mol. The minimum absolute atomic E-state index is 0.227. The lowest BCUT2D eigenvalue weighted by atomic mass is 10.0. The highest BCUT2D eigenvalue weighted by Crippen LogP contribution is 2.31. The van der Waals surface area contributed by atoms with Gasteiger partial charge in [0.25, 0.3) is 0 Å². The summed E-state index contributed by atoms with van der Waals surface area (Å²) in [6, 6.07) is 6.15. The molecule has 1 aromatic heterocycles. The summed E-state index contributed by atoms with van der Waals surface area (Å²) in [6.45, 7) is 5.89. The summed E-state index contributed by atoms with van der Waals surface area (Å²) in [4.78, 5) is 29.1. The number of aromatic nitrogens is 1. The molecule has 26 heavy (non-hydrogen) atoms. The van der Waals surface area contributed by atoms with Crippen LogP contribution in [0.4, 0.5) is 9.93 Å². The molecule has 0 unspecified atom stereocenters. The zero-order valence-electron chi connectivity index (χ0n) is 15.3. The number of methoxy groups -OCH3 is 1. The third-order valence-electron chi connectivity index (χ3n) is 3.73. The molecule has 0 spiro atoms. The highest BCUT2D eigenvalue weighted by Gasteiger charge is 2.22. The van der Waals surface area contributed by atoms with E-state index < -0.39 is 12.1 Å². The minimum atomic E-state index is -0.722. The Kier molecular flexibility index (Phi) is 6.57. The molecular formula is C18H24N4O3S. The molecule has 8 heteroatoms. The number of urea groups is 1. The fourth-order valence-corrected chi connectivity index (χ4v) is 3.37. The fourth-order valence-electron chi connectivity index (χ4n) is 2.53. The van der Waals surface area contributed by atoms with Crippen molar-refractivity contribution in [3.8, 4) is 17.0 Å². The van der Waals surface area contributed by atoms with Crippen LogP contribution in [0.5, 0.6) is 5.75 Å². The first-order valence-electron chi connectivity index (χ1n) is 8.28. The molecule has 7 nitrogen and oxygen atoms in total. The summed E-state index contributed by atoms with van der Waals surface area (Å²) in [7, 11) is 1.62. The summed E-state index contributed by atoms with van der Waals surface area (Å²) in [5.74, 6) is 0.669. The van der Waals surface area contributed by atoms with Crippen molar-refractivity contribution in [3.05, 3.63) is 29.1 Å². The zero-order chi connectivity index (χ0) is 19.3. The van der Waals surface area contributed by atoms with Crippen LogP contribution in [-0.4, -0.2) is 30.1 Å². The number of aryl methyl sites for hydroxylation is 1. The lowest BCUT2D eigenvalue weighted by Gasteiger charge is -2.18. The van der Waals surface area contributed by atoms with E-state index in [1.54, 1.807) is 7.11 Å². The van der Waals surface area contributed by atoms with Gasteiger partial charge in [-0.3, -0.25) is 4.79 Å². The summed E-state index contributed by atoms with van der Waals surface area (Å²) in [5.41, 5.74) is 6.92. The summed E-state index contributed by atoms with van der Waals surface area (Å²) in [5, 5.41) is 5.75. The Labute approximate surface area is 157 Å². The van der Waals surface area contributed by atoms with E-state index in [-0.39, 0.29) is 11.8 Å². The molecular weight excluding hydrogens is 352 g/mol. The van der Waals surface area contributed by atoms with E-state index in [0.29, 0.717) is 11.6 Å². The number of rotatable bonds is 7. The van der Waals surface area contributed by atoms with Crippen LogP contribution in [0.25, 0.3) is 11.3 Å². The molecule has 2 aromatic rings. The van der Waals surface area contributed by atoms with Gasteiger partial charge in [-0.15, -0.1) is 11.3 Å². The molecule has 0 fully saturated rings. The Morgan fingerprint density at radius 1 is 1.27 bits per heavy atom. The number of ether oxygens (including phenoxy) is 1. The molecule has 0 aliphatic rings. The molecule has 0 aliphatic heterocycles. The van der Waals surface area contributed by atoms with E-state index in [0.717, 1.165) is 21.9 Å². The van der Waals surface area contributed by atoms with Gasteiger partial charge in [-0.25, -0.2) is 9.78 Å². The van der Waals surface area contributed by atoms with E-state index >= 15 is 0 Å². The summed E-state index contributed by atoms with van der Waals surface area (Å²) in [6.07, 6.45) is 0.491. The number of nitrogens with one attached hydrogen (secondary N) is 2. The molecule has 140 valence electrons. The highest BCUT2D eigenvalue weighted by atomic mass is 32.1. The van der Waals surface area contributed by atoms with Crippen LogP contribution in [0.1, 0.15) is 25.1 Å². The molecule has 1 atom stereocenters. The fraction of sp³-hybridized carbons (Fsp3) is 0.389. The number of anilines is 1. The van der Waals surface area contributed by atoms with Crippen LogP contribution in [0.3, 0.4) is 0 Å². The SMILES string of the molecule is COc1ccc(-c2nc(NC(=O)[C@H](CC(C)C)NC(N)=O)sc2C)cc1. The predicted octanol–water partition coefficient (Wildman–Crippen LogP) is 3.15. The maximum Gasteiger partial charge on any atom is 0.312 e. The molecule has 0 radical (unpaired) electrons. The van der Waals surface area contributed by atoms with Gasteiger partial charge in [0, 0.05) is 10.4 Å². The van der Waals surface area contributed by atoms with Crippen LogP contribution < -0.4 is 21.1 Å². The number of primary amides is 1. The predicted molar refractivity (Wildman–Crippen MR) is 103 cm³/mol. The lowest BCUT2D eigenvalue weighted by molar-refractivity contribution is -0.118. The smallest absolute Gasteiger partial charge is 0.312 e. The average Bonchev–Trinajstić information content (AvgIpc) is 2.93. The Morgan fingerprint density at radius 3 is 2.46 bits per heavy atom. The number of benzene rings is 1. The Bertz CT molecular complexity index is 771. The van der Waals surface area contributed by atoms with Crippen LogP contribution in [0, 0.1) is 12.8 Å². The third-order valence-corrected chi connectivity index (χ3v) is 4.62. The third kappa shape index (κ3) is 5.19. The zero-order valence-corrected chi connectivity index (χ0v) is 16.1. The van der Waals surface area contributed by atoms with Gasteiger partial charge in [0.2, 0.25) is 5.91 Å². The maximum atomic E-state index is 12.5. The van der Waals surface area contributed by atoms with Gasteiger partial charge in [-0.2, -0.15) is 0 Å². The Hall–Kier alpha value is -2.61. The lowest BCUT2D eigenvalue weighted by Crippen LogP contribution is -2.46. The molecule has 3 amide bonds. The van der Waals surface area contributed by atoms with Gasteiger partial charge in [0.15, 0.2) is 5.13 Å². The molecule has 1 aromatic carbocycles. The topological polar surface area (TPSA) is 106 Å². The first-order chi connectivity index (χ1) is 12.3. The van der Waals surface area contributed by atoms with Gasteiger partial charge in [0.05, 0.1) is 12.8 Å². The summed E-state index contributed by atoms with van der Waals surface area (Å²) >= 11 is 1.38.